The maximum absolute atomic E-state index is 11.9. The first-order valence-electron chi connectivity index (χ1n) is 10.6. The molecule has 0 amide bonds. The fourth-order valence-corrected chi connectivity index (χ4v) is 3.64. The predicted molar refractivity (Wildman–Crippen MR) is 109 cm³/mol. The summed E-state index contributed by atoms with van der Waals surface area (Å²) in [6.45, 7) is 3.03. The van der Waals surface area contributed by atoms with Crippen LogP contribution in [0.4, 0.5) is 0 Å². The van der Waals surface area contributed by atoms with E-state index in [1.165, 1.54) is 0 Å². The summed E-state index contributed by atoms with van der Waals surface area (Å²) in [4.78, 5) is 23.7. The van der Waals surface area contributed by atoms with Gasteiger partial charge >= 0.3 is 11.9 Å². The number of carbonyl (C=O) groups is 2. The zero-order chi connectivity index (χ0) is 24.3. The molecule has 0 radical (unpaired) electrons. The molecule has 1 rings (SSSR count). The number of carbonyl (C=O) groups excluding carboxylic acids is 2. The summed E-state index contributed by atoms with van der Waals surface area (Å²) >= 11 is 0. The highest BCUT2D eigenvalue weighted by molar-refractivity contribution is 7.85. The third-order valence-electron chi connectivity index (χ3n) is 4.66. The molecule has 1 aliphatic heterocycles. The minimum absolute atomic E-state index is 0.116. The standard InChI is InChI=1S/C19H34O12S/c1-3-5-6-8-14(20)28-9-12(30-15(21)7-4-2)10-29-19-18(24)17(23)16(22)13(31-19)11-32(25,26)27/h12-13,16-19,22-24H,3-11H2,1-2H3,(H,25,26,27)/t12-,13-,16-,17+,18-,19-/m1/s1. The molecule has 1 heterocycles. The normalized spacial score (nSPS) is 27.0. The topological polar surface area (TPSA) is 186 Å². The molecule has 32 heavy (non-hydrogen) atoms. The molecular weight excluding hydrogens is 452 g/mol. The van der Waals surface area contributed by atoms with Crippen LogP contribution >= 0.6 is 0 Å². The first kappa shape index (κ1) is 28.7. The SMILES string of the molecule is CCCCCC(=O)OC[C@H](CO[C@@H]1O[C@H](CS(=O)(=O)O)[C@@H](O)[C@H](O)[C@H]1O)OC(=O)CCC. The van der Waals surface area contributed by atoms with Gasteiger partial charge < -0.3 is 34.3 Å². The van der Waals surface area contributed by atoms with E-state index in [1.807, 2.05) is 6.92 Å². The molecule has 0 unspecified atom stereocenters. The molecule has 0 aromatic carbocycles. The molecule has 0 bridgehead atoms. The molecule has 0 spiro atoms. The lowest BCUT2D eigenvalue weighted by molar-refractivity contribution is -0.297. The van der Waals surface area contributed by atoms with Crippen molar-refractivity contribution in [3.63, 3.8) is 0 Å². The van der Waals surface area contributed by atoms with Gasteiger partial charge in [-0.15, -0.1) is 0 Å². The van der Waals surface area contributed by atoms with Crippen LogP contribution in [-0.2, 0) is 38.7 Å². The van der Waals surface area contributed by atoms with Crippen molar-refractivity contribution in [1.82, 2.24) is 0 Å². The molecule has 6 atom stereocenters. The van der Waals surface area contributed by atoms with Gasteiger partial charge in [0, 0.05) is 12.8 Å². The number of ether oxygens (including phenoxy) is 4. The monoisotopic (exact) mass is 486 g/mol. The number of aliphatic hydroxyl groups excluding tert-OH is 3. The molecule has 13 heteroatoms. The van der Waals surface area contributed by atoms with E-state index in [9.17, 15) is 33.3 Å². The van der Waals surface area contributed by atoms with Crippen LogP contribution in [0, 0.1) is 0 Å². The van der Waals surface area contributed by atoms with Gasteiger partial charge in [0.25, 0.3) is 10.1 Å². The zero-order valence-corrected chi connectivity index (χ0v) is 19.1. The zero-order valence-electron chi connectivity index (χ0n) is 18.3. The second-order valence-corrected chi connectivity index (χ2v) is 9.10. The Hall–Kier alpha value is -1.35. The van der Waals surface area contributed by atoms with E-state index in [0.717, 1.165) is 12.8 Å². The van der Waals surface area contributed by atoms with E-state index in [0.29, 0.717) is 12.8 Å². The van der Waals surface area contributed by atoms with Crippen molar-refractivity contribution < 1.29 is 56.8 Å². The van der Waals surface area contributed by atoms with Crippen molar-refractivity contribution in [2.75, 3.05) is 19.0 Å². The number of hydrogen-bond acceptors (Lipinski definition) is 11. The van der Waals surface area contributed by atoms with Gasteiger partial charge in [0.15, 0.2) is 12.4 Å². The number of unbranched alkanes of at least 4 members (excludes halogenated alkanes) is 2. The van der Waals surface area contributed by atoms with Crippen LogP contribution in [0.1, 0.15) is 52.4 Å². The predicted octanol–water partition coefficient (Wildman–Crippen LogP) is -0.466. The Morgan fingerprint density at radius 2 is 1.62 bits per heavy atom. The molecule has 12 nitrogen and oxygen atoms in total. The lowest BCUT2D eigenvalue weighted by Crippen LogP contribution is -2.60. The Morgan fingerprint density at radius 3 is 2.22 bits per heavy atom. The molecule has 1 saturated heterocycles. The Balaban J connectivity index is 2.73. The van der Waals surface area contributed by atoms with Crippen LogP contribution in [0.5, 0.6) is 0 Å². The van der Waals surface area contributed by atoms with Crippen LogP contribution in [0.2, 0.25) is 0 Å². The van der Waals surface area contributed by atoms with Gasteiger partial charge in [-0.05, 0) is 12.8 Å². The Morgan fingerprint density at radius 1 is 0.938 bits per heavy atom. The van der Waals surface area contributed by atoms with E-state index < -0.39 is 71.2 Å². The van der Waals surface area contributed by atoms with E-state index in [-0.39, 0.29) is 19.4 Å². The lowest BCUT2D eigenvalue weighted by Gasteiger charge is -2.40. The van der Waals surface area contributed by atoms with Crippen molar-refractivity contribution in [3.05, 3.63) is 0 Å². The quantitative estimate of drug-likeness (QED) is 0.141. The van der Waals surface area contributed by atoms with Gasteiger partial charge in [0.1, 0.15) is 36.8 Å². The lowest BCUT2D eigenvalue weighted by atomic mass is 10.00. The van der Waals surface area contributed by atoms with Gasteiger partial charge in [-0.25, -0.2) is 0 Å². The Labute approximate surface area is 187 Å². The molecule has 0 saturated carbocycles. The highest BCUT2D eigenvalue weighted by Gasteiger charge is 2.45. The molecule has 4 N–H and O–H groups in total. The maximum atomic E-state index is 11.9. The summed E-state index contributed by atoms with van der Waals surface area (Å²) < 4.78 is 52.1. The van der Waals surface area contributed by atoms with Crippen LogP contribution in [0.25, 0.3) is 0 Å². The molecular formula is C19H34O12S. The minimum Gasteiger partial charge on any atom is -0.462 e. The van der Waals surface area contributed by atoms with Crippen LogP contribution in [0.3, 0.4) is 0 Å². The number of rotatable bonds is 14. The fourth-order valence-electron chi connectivity index (χ4n) is 2.94. The molecule has 188 valence electrons. The van der Waals surface area contributed by atoms with E-state index in [4.69, 9.17) is 23.5 Å². The van der Waals surface area contributed by atoms with Gasteiger partial charge in [-0.3, -0.25) is 14.1 Å². The first-order chi connectivity index (χ1) is 15.0. The van der Waals surface area contributed by atoms with E-state index in [1.54, 1.807) is 6.92 Å². The van der Waals surface area contributed by atoms with Gasteiger partial charge in [-0.1, -0.05) is 26.7 Å². The third kappa shape index (κ3) is 10.5. The Bertz CT molecular complexity index is 682. The second-order valence-electron chi connectivity index (χ2n) is 7.60. The van der Waals surface area contributed by atoms with E-state index >= 15 is 0 Å². The van der Waals surface area contributed by atoms with Crippen LogP contribution in [0.15, 0.2) is 0 Å². The van der Waals surface area contributed by atoms with Gasteiger partial charge in [-0.2, -0.15) is 8.42 Å². The van der Waals surface area contributed by atoms with Crippen molar-refractivity contribution in [2.45, 2.75) is 89.2 Å². The first-order valence-corrected chi connectivity index (χ1v) is 12.2. The summed E-state index contributed by atoms with van der Waals surface area (Å²) in [5, 5.41) is 29.9. The van der Waals surface area contributed by atoms with Crippen molar-refractivity contribution in [3.8, 4) is 0 Å². The molecule has 0 aliphatic carbocycles. The van der Waals surface area contributed by atoms with Crippen molar-refractivity contribution in [2.24, 2.45) is 0 Å². The maximum Gasteiger partial charge on any atom is 0.306 e. The average Bonchev–Trinajstić information content (AvgIpc) is 2.70. The molecule has 1 fully saturated rings. The number of esters is 2. The second kappa shape index (κ2) is 14.0. The average molecular weight is 487 g/mol. The van der Waals surface area contributed by atoms with Gasteiger partial charge in [0.2, 0.25) is 0 Å². The highest BCUT2D eigenvalue weighted by Crippen LogP contribution is 2.23. The van der Waals surface area contributed by atoms with E-state index in [2.05, 4.69) is 0 Å². The summed E-state index contributed by atoms with van der Waals surface area (Å²) in [7, 11) is -4.56. The Kier molecular flexibility index (Phi) is 12.6. The van der Waals surface area contributed by atoms with Crippen molar-refractivity contribution >= 4 is 22.1 Å². The highest BCUT2D eigenvalue weighted by atomic mass is 32.2. The summed E-state index contributed by atoms with van der Waals surface area (Å²) in [5.74, 6) is -2.08. The molecule has 0 aromatic rings. The summed E-state index contributed by atoms with van der Waals surface area (Å²) in [6.07, 6.45) is -6.31. The summed E-state index contributed by atoms with van der Waals surface area (Å²) in [6, 6.07) is 0. The van der Waals surface area contributed by atoms with Crippen LogP contribution < -0.4 is 0 Å². The molecule has 0 aromatic heterocycles. The smallest absolute Gasteiger partial charge is 0.306 e. The summed E-state index contributed by atoms with van der Waals surface area (Å²) in [5.41, 5.74) is 0. The third-order valence-corrected chi connectivity index (χ3v) is 5.41. The van der Waals surface area contributed by atoms with Gasteiger partial charge in [0.05, 0.1) is 6.61 Å². The van der Waals surface area contributed by atoms with Crippen molar-refractivity contribution in [1.29, 1.82) is 0 Å². The largest absolute Gasteiger partial charge is 0.462 e. The number of aliphatic hydroxyl groups is 3. The number of hydrogen-bond donors (Lipinski definition) is 4. The van der Waals surface area contributed by atoms with Crippen LogP contribution in [-0.4, -0.2) is 96.0 Å². The fraction of sp³-hybridized carbons (Fsp3) is 0.895. The minimum atomic E-state index is -4.56. The molecule has 1 aliphatic rings.